The van der Waals surface area contributed by atoms with E-state index in [0.29, 0.717) is 0 Å². The molecule has 0 saturated heterocycles. The Morgan fingerprint density at radius 3 is 1.46 bits per heavy atom. The first kappa shape index (κ1) is 40.6. The highest BCUT2D eigenvalue weighted by atomic mass is 15.2. The molecular formula is C68H50N2. The lowest BCUT2D eigenvalue weighted by atomic mass is 9.83. The summed E-state index contributed by atoms with van der Waals surface area (Å²) >= 11 is 0. The zero-order valence-electron chi connectivity index (χ0n) is 39.1. The minimum Gasteiger partial charge on any atom is -0.310 e. The molecule has 0 saturated carbocycles. The molecule has 0 amide bonds. The Morgan fingerprint density at radius 2 is 0.800 bits per heavy atom. The lowest BCUT2D eigenvalue weighted by Crippen LogP contribution is -2.18. The number of allylic oxidation sites excluding steroid dienone is 3. The molecule has 332 valence electrons. The van der Waals surface area contributed by atoms with E-state index in [-0.39, 0.29) is 0 Å². The third-order valence-electron chi connectivity index (χ3n) is 15.4. The van der Waals surface area contributed by atoms with Gasteiger partial charge in [-0.05, 0) is 198 Å². The van der Waals surface area contributed by atoms with Crippen LogP contribution in [0.3, 0.4) is 0 Å². The standard InChI is InChI=1S/C68H50N2/c1-3-21-51-41-53(35-29-45(51)15-1)57-23-9-10-24-58(57)68-60-40-38-55(69-63-25-11-5-17-47(63)31-32-48-18-6-12-26-64(48)69)43-61(60)67(54-36-30-46-16-2-4-22-52(46)42-54)59-39-37-56(44-62(59)68)70-65-27-13-7-19-49(65)33-34-50-20-8-14-28-66(50)70/h1-5,7-17,19-30,35-44H,6,18,31-34H2. The predicted octanol–water partition coefficient (Wildman–Crippen LogP) is 18.6. The van der Waals surface area contributed by atoms with Gasteiger partial charge in [-0.2, -0.15) is 0 Å². The zero-order chi connectivity index (χ0) is 46.1. The van der Waals surface area contributed by atoms with Crippen molar-refractivity contribution >= 4 is 71.5 Å². The Hall–Kier alpha value is -8.46. The van der Waals surface area contributed by atoms with Gasteiger partial charge in [0, 0.05) is 34.1 Å². The molecule has 0 bridgehead atoms. The number of nitrogens with zero attached hydrogens (tertiary/aromatic N) is 2. The highest BCUT2D eigenvalue weighted by molar-refractivity contribution is 6.24. The van der Waals surface area contributed by atoms with Crippen molar-refractivity contribution in [2.45, 2.75) is 38.5 Å². The maximum Gasteiger partial charge on any atom is 0.0493 e. The molecule has 11 aromatic carbocycles. The zero-order valence-corrected chi connectivity index (χ0v) is 39.1. The van der Waals surface area contributed by atoms with E-state index >= 15 is 0 Å². The average Bonchev–Trinajstić information content (AvgIpc) is 3.70. The Morgan fingerprint density at radius 1 is 0.314 bits per heavy atom. The summed E-state index contributed by atoms with van der Waals surface area (Å²) in [5.74, 6) is 0. The molecule has 2 aliphatic heterocycles. The lowest BCUT2D eigenvalue weighted by Gasteiger charge is -2.31. The minimum atomic E-state index is 0.996. The number of hydrogen-bond acceptors (Lipinski definition) is 2. The van der Waals surface area contributed by atoms with Crippen molar-refractivity contribution < 1.29 is 0 Å². The fourth-order valence-corrected chi connectivity index (χ4v) is 12.1. The van der Waals surface area contributed by atoms with Crippen LogP contribution in [0, 0.1) is 0 Å². The fourth-order valence-electron chi connectivity index (χ4n) is 12.1. The first-order chi connectivity index (χ1) is 34.7. The van der Waals surface area contributed by atoms with Crippen LogP contribution >= 0.6 is 0 Å². The number of para-hydroxylation sites is 3. The fraction of sp³-hybridized carbons (Fsp3) is 0.0882. The summed E-state index contributed by atoms with van der Waals surface area (Å²) < 4.78 is 0. The van der Waals surface area contributed by atoms with Crippen molar-refractivity contribution in [3.63, 3.8) is 0 Å². The van der Waals surface area contributed by atoms with Crippen molar-refractivity contribution in [1.82, 2.24) is 0 Å². The third-order valence-corrected chi connectivity index (χ3v) is 15.4. The summed E-state index contributed by atoms with van der Waals surface area (Å²) in [6.07, 6.45) is 11.1. The van der Waals surface area contributed by atoms with E-state index in [1.54, 1.807) is 5.57 Å². The van der Waals surface area contributed by atoms with E-state index in [1.807, 2.05) is 0 Å². The molecule has 70 heavy (non-hydrogen) atoms. The van der Waals surface area contributed by atoms with Gasteiger partial charge in [0.1, 0.15) is 0 Å². The Balaban J connectivity index is 1.11. The summed E-state index contributed by atoms with van der Waals surface area (Å²) in [5, 5.41) is 9.91. The second kappa shape index (κ2) is 16.6. The molecule has 0 unspecified atom stereocenters. The molecule has 2 heteroatoms. The second-order valence-electron chi connectivity index (χ2n) is 19.4. The van der Waals surface area contributed by atoms with Gasteiger partial charge >= 0.3 is 0 Å². The molecule has 0 N–H and O–H groups in total. The molecule has 14 rings (SSSR count). The topological polar surface area (TPSA) is 6.48 Å². The molecule has 0 spiro atoms. The highest BCUT2D eigenvalue weighted by Gasteiger charge is 2.28. The van der Waals surface area contributed by atoms with Gasteiger partial charge in [-0.15, -0.1) is 0 Å². The third kappa shape index (κ3) is 6.70. The summed E-state index contributed by atoms with van der Waals surface area (Å²) in [5.41, 5.74) is 20.5. The molecule has 0 radical (unpaired) electrons. The van der Waals surface area contributed by atoms with Crippen LogP contribution in [0.5, 0.6) is 0 Å². The van der Waals surface area contributed by atoms with Crippen LogP contribution in [0.25, 0.3) is 76.5 Å². The van der Waals surface area contributed by atoms with Crippen molar-refractivity contribution in [1.29, 1.82) is 0 Å². The van der Waals surface area contributed by atoms with Crippen LogP contribution in [0.4, 0.5) is 28.4 Å². The largest absolute Gasteiger partial charge is 0.310 e. The molecule has 3 aliphatic rings. The monoisotopic (exact) mass is 894 g/mol. The van der Waals surface area contributed by atoms with Gasteiger partial charge in [0.15, 0.2) is 0 Å². The quantitative estimate of drug-likeness (QED) is 0.159. The number of hydrogen-bond donors (Lipinski definition) is 0. The van der Waals surface area contributed by atoms with E-state index in [9.17, 15) is 0 Å². The maximum absolute atomic E-state index is 2.57. The lowest BCUT2D eigenvalue weighted by molar-refractivity contribution is 0.833. The van der Waals surface area contributed by atoms with Gasteiger partial charge in [-0.3, -0.25) is 0 Å². The number of fused-ring (bicyclic) bond motifs is 7. The van der Waals surface area contributed by atoms with Crippen molar-refractivity contribution in [2.75, 3.05) is 9.80 Å². The summed E-state index contributed by atoms with van der Waals surface area (Å²) in [6, 6.07) is 82.5. The first-order valence-corrected chi connectivity index (χ1v) is 25.1. The van der Waals surface area contributed by atoms with Crippen LogP contribution in [-0.4, -0.2) is 0 Å². The Kier molecular flexibility index (Phi) is 9.65. The summed E-state index contributed by atoms with van der Waals surface area (Å²) in [7, 11) is 0. The van der Waals surface area contributed by atoms with E-state index in [1.165, 1.54) is 122 Å². The van der Waals surface area contributed by atoms with Crippen LogP contribution in [0.15, 0.2) is 242 Å². The van der Waals surface area contributed by atoms with Gasteiger partial charge in [-0.1, -0.05) is 170 Å². The van der Waals surface area contributed by atoms with E-state index in [4.69, 9.17) is 0 Å². The molecule has 11 aromatic rings. The number of aryl methyl sites for hydroxylation is 3. The van der Waals surface area contributed by atoms with E-state index < -0.39 is 0 Å². The number of benzene rings is 11. The average molecular weight is 895 g/mol. The van der Waals surface area contributed by atoms with Crippen molar-refractivity contribution in [3.8, 4) is 33.4 Å². The van der Waals surface area contributed by atoms with Gasteiger partial charge in [0.05, 0.1) is 0 Å². The molecular weight excluding hydrogens is 845 g/mol. The molecule has 2 nitrogen and oxygen atoms in total. The van der Waals surface area contributed by atoms with Gasteiger partial charge in [0.2, 0.25) is 0 Å². The van der Waals surface area contributed by atoms with Gasteiger partial charge < -0.3 is 9.80 Å². The molecule has 0 atom stereocenters. The molecule has 2 heterocycles. The van der Waals surface area contributed by atoms with Gasteiger partial charge in [-0.25, -0.2) is 0 Å². The normalized spacial score (nSPS) is 14.3. The molecule has 1 aliphatic carbocycles. The molecule has 0 fully saturated rings. The maximum atomic E-state index is 2.57. The van der Waals surface area contributed by atoms with E-state index in [0.717, 1.165) is 44.2 Å². The van der Waals surface area contributed by atoms with E-state index in [2.05, 4.69) is 240 Å². The highest BCUT2D eigenvalue weighted by Crippen LogP contribution is 2.51. The van der Waals surface area contributed by atoms with Crippen LogP contribution in [0.2, 0.25) is 0 Å². The second-order valence-corrected chi connectivity index (χ2v) is 19.4. The summed E-state index contributed by atoms with van der Waals surface area (Å²) in [6.45, 7) is 0. The van der Waals surface area contributed by atoms with Crippen LogP contribution in [0.1, 0.15) is 36.0 Å². The van der Waals surface area contributed by atoms with Crippen molar-refractivity contribution in [3.05, 3.63) is 259 Å². The SMILES string of the molecule is C1=CC2=C(CC1)CCc1ccccc1N2c1ccc2c(-c3ccccc3-c3ccc4ccccc4c3)c3cc(N4c5ccccc5CCc5ccccc54)ccc3c(-c3ccc4ccccc4c3)c2c1. The van der Waals surface area contributed by atoms with Crippen LogP contribution < -0.4 is 9.80 Å². The van der Waals surface area contributed by atoms with Gasteiger partial charge in [0.25, 0.3) is 0 Å². The molecule has 0 aromatic heterocycles. The minimum absolute atomic E-state index is 0.996. The summed E-state index contributed by atoms with van der Waals surface area (Å²) in [4.78, 5) is 5.10. The predicted molar refractivity (Wildman–Crippen MR) is 297 cm³/mol. The Bertz CT molecular complexity index is 3930. The first-order valence-electron chi connectivity index (χ1n) is 25.1. The van der Waals surface area contributed by atoms with Crippen LogP contribution in [-0.2, 0) is 19.3 Å². The Labute approximate surface area is 409 Å². The smallest absolute Gasteiger partial charge is 0.0493 e. The van der Waals surface area contributed by atoms with Crippen molar-refractivity contribution in [2.24, 2.45) is 0 Å². The number of rotatable bonds is 5. The number of anilines is 5.